The normalized spacial score (nSPS) is 12.4. The van der Waals surface area contributed by atoms with E-state index in [9.17, 15) is 0 Å². The fourth-order valence-corrected chi connectivity index (χ4v) is 1.61. The molecule has 0 aliphatic carbocycles. The first kappa shape index (κ1) is 11.8. The Hall–Kier alpha value is -1.26. The van der Waals surface area contributed by atoms with Crippen molar-refractivity contribution in [3.05, 3.63) is 35.9 Å². The first-order valence-corrected chi connectivity index (χ1v) is 5.44. The first-order chi connectivity index (χ1) is 7.25. The second-order valence-corrected chi connectivity index (χ2v) is 3.87. The summed E-state index contributed by atoms with van der Waals surface area (Å²) in [5.41, 5.74) is 1.36. The van der Waals surface area contributed by atoms with Crippen molar-refractivity contribution in [1.82, 2.24) is 4.90 Å². The molecule has 0 aromatic heterocycles. The van der Waals surface area contributed by atoms with Crippen molar-refractivity contribution < 1.29 is 0 Å². The lowest BCUT2D eigenvalue weighted by Gasteiger charge is -2.24. The Labute approximate surface area is 93.1 Å². The zero-order chi connectivity index (χ0) is 11.1. The molecule has 1 nitrogen and oxygen atoms in total. The number of rotatable bonds is 5. The van der Waals surface area contributed by atoms with E-state index in [0.717, 1.165) is 19.4 Å². The van der Waals surface area contributed by atoms with Crippen molar-refractivity contribution >= 4 is 0 Å². The maximum atomic E-state index is 5.23. The molecule has 80 valence electrons. The van der Waals surface area contributed by atoms with Gasteiger partial charge in [0.1, 0.15) is 0 Å². The fraction of sp³-hybridized carbons (Fsp3) is 0.429. The van der Waals surface area contributed by atoms with Gasteiger partial charge in [0.15, 0.2) is 0 Å². The molecule has 0 fully saturated rings. The second-order valence-electron chi connectivity index (χ2n) is 3.87. The van der Waals surface area contributed by atoms with Gasteiger partial charge in [0.25, 0.3) is 0 Å². The Morgan fingerprint density at radius 1 is 1.33 bits per heavy atom. The number of nitrogens with zero attached hydrogens (tertiary/aromatic N) is 1. The molecule has 15 heavy (non-hydrogen) atoms. The molecule has 1 aromatic carbocycles. The summed E-state index contributed by atoms with van der Waals surface area (Å²) in [6.07, 6.45) is 7.17. The van der Waals surface area contributed by atoms with Gasteiger partial charge in [-0.25, -0.2) is 0 Å². The van der Waals surface area contributed by atoms with Gasteiger partial charge in [-0.1, -0.05) is 30.3 Å². The highest BCUT2D eigenvalue weighted by molar-refractivity contribution is 5.18. The van der Waals surface area contributed by atoms with Crippen LogP contribution in [0.2, 0.25) is 0 Å². The molecule has 0 saturated heterocycles. The SMILES string of the molecule is C#CCCCN(C)C(C)c1ccccc1. The summed E-state index contributed by atoms with van der Waals surface area (Å²) < 4.78 is 0. The van der Waals surface area contributed by atoms with Crippen LogP contribution in [0.3, 0.4) is 0 Å². The van der Waals surface area contributed by atoms with E-state index >= 15 is 0 Å². The van der Waals surface area contributed by atoms with Crippen LogP contribution in [0.25, 0.3) is 0 Å². The van der Waals surface area contributed by atoms with Crippen molar-refractivity contribution in [3.8, 4) is 12.3 Å². The van der Waals surface area contributed by atoms with Crippen LogP contribution < -0.4 is 0 Å². The Morgan fingerprint density at radius 3 is 2.60 bits per heavy atom. The third-order valence-corrected chi connectivity index (χ3v) is 2.78. The minimum Gasteiger partial charge on any atom is -0.300 e. The lowest BCUT2D eigenvalue weighted by Crippen LogP contribution is -2.23. The summed E-state index contributed by atoms with van der Waals surface area (Å²) in [6, 6.07) is 11.0. The fourth-order valence-electron chi connectivity index (χ4n) is 1.61. The molecule has 0 spiro atoms. The molecule has 0 heterocycles. The van der Waals surface area contributed by atoms with E-state index < -0.39 is 0 Å². The maximum absolute atomic E-state index is 5.23. The predicted molar refractivity (Wildman–Crippen MR) is 65.6 cm³/mol. The van der Waals surface area contributed by atoms with E-state index in [1.807, 2.05) is 0 Å². The molecule has 0 aliphatic heterocycles. The average Bonchev–Trinajstić information content (AvgIpc) is 2.29. The van der Waals surface area contributed by atoms with E-state index in [2.05, 4.69) is 55.1 Å². The van der Waals surface area contributed by atoms with E-state index in [4.69, 9.17) is 6.42 Å². The van der Waals surface area contributed by atoms with Crippen LogP contribution in [-0.2, 0) is 0 Å². The minimum absolute atomic E-state index is 0.462. The maximum Gasteiger partial charge on any atom is 0.0316 e. The van der Waals surface area contributed by atoms with Crippen LogP contribution in [0.5, 0.6) is 0 Å². The van der Waals surface area contributed by atoms with Gasteiger partial charge in [-0.3, -0.25) is 4.90 Å². The van der Waals surface area contributed by atoms with Gasteiger partial charge in [0.2, 0.25) is 0 Å². The van der Waals surface area contributed by atoms with Gasteiger partial charge in [-0.05, 0) is 32.5 Å². The summed E-state index contributed by atoms with van der Waals surface area (Å²) in [7, 11) is 2.15. The molecule has 1 aromatic rings. The number of hydrogen-bond donors (Lipinski definition) is 0. The van der Waals surface area contributed by atoms with E-state index in [1.54, 1.807) is 0 Å². The lowest BCUT2D eigenvalue weighted by molar-refractivity contribution is 0.259. The van der Waals surface area contributed by atoms with Gasteiger partial charge < -0.3 is 0 Å². The van der Waals surface area contributed by atoms with Gasteiger partial charge in [0.05, 0.1) is 0 Å². The highest BCUT2D eigenvalue weighted by Gasteiger charge is 2.09. The Bertz CT molecular complexity index is 310. The van der Waals surface area contributed by atoms with Gasteiger partial charge in [0, 0.05) is 12.5 Å². The standard InChI is InChI=1S/C14H19N/c1-4-5-9-12-15(3)13(2)14-10-7-6-8-11-14/h1,6-8,10-11,13H,5,9,12H2,2-3H3. The molecule has 1 rings (SSSR count). The molecule has 0 aliphatic rings. The predicted octanol–water partition coefficient (Wildman–Crippen LogP) is 3.09. The Balaban J connectivity index is 2.46. The number of hydrogen-bond acceptors (Lipinski definition) is 1. The van der Waals surface area contributed by atoms with Crippen molar-refractivity contribution in [2.24, 2.45) is 0 Å². The summed E-state index contributed by atoms with van der Waals surface area (Å²) in [5, 5.41) is 0. The molecule has 0 saturated carbocycles. The van der Waals surface area contributed by atoms with Crippen LogP contribution in [0.4, 0.5) is 0 Å². The van der Waals surface area contributed by atoms with Gasteiger partial charge >= 0.3 is 0 Å². The van der Waals surface area contributed by atoms with Crippen molar-refractivity contribution in [1.29, 1.82) is 0 Å². The summed E-state index contributed by atoms with van der Waals surface area (Å²) >= 11 is 0. The topological polar surface area (TPSA) is 3.24 Å². The van der Waals surface area contributed by atoms with Crippen LogP contribution >= 0.6 is 0 Å². The lowest BCUT2D eigenvalue weighted by atomic mass is 10.1. The molecule has 1 atom stereocenters. The molecular weight excluding hydrogens is 182 g/mol. The number of terminal acetylenes is 1. The highest BCUT2D eigenvalue weighted by atomic mass is 15.1. The third-order valence-electron chi connectivity index (χ3n) is 2.78. The molecule has 0 amide bonds. The summed E-state index contributed by atoms with van der Waals surface area (Å²) in [4.78, 5) is 2.34. The number of unbranched alkanes of at least 4 members (excludes halogenated alkanes) is 1. The average molecular weight is 201 g/mol. The third kappa shape index (κ3) is 3.77. The van der Waals surface area contributed by atoms with Gasteiger partial charge in [-0.15, -0.1) is 12.3 Å². The molecule has 0 bridgehead atoms. The zero-order valence-electron chi connectivity index (χ0n) is 9.61. The minimum atomic E-state index is 0.462. The van der Waals surface area contributed by atoms with Crippen molar-refractivity contribution in [2.45, 2.75) is 25.8 Å². The highest BCUT2D eigenvalue weighted by Crippen LogP contribution is 2.18. The Morgan fingerprint density at radius 2 is 2.00 bits per heavy atom. The zero-order valence-corrected chi connectivity index (χ0v) is 9.61. The second kappa shape index (κ2) is 6.27. The Kier molecular flexibility index (Phi) is 4.93. The van der Waals surface area contributed by atoms with E-state index in [1.165, 1.54) is 5.56 Å². The smallest absolute Gasteiger partial charge is 0.0316 e. The van der Waals surface area contributed by atoms with Crippen molar-refractivity contribution in [3.63, 3.8) is 0 Å². The molecule has 0 N–H and O–H groups in total. The van der Waals surface area contributed by atoms with Crippen molar-refractivity contribution in [2.75, 3.05) is 13.6 Å². The largest absolute Gasteiger partial charge is 0.300 e. The molecule has 1 heteroatoms. The summed E-state index contributed by atoms with van der Waals surface area (Å²) in [5.74, 6) is 2.68. The van der Waals surface area contributed by atoms with Crippen LogP contribution in [0.1, 0.15) is 31.4 Å². The van der Waals surface area contributed by atoms with E-state index in [-0.39, 0.29) is 0 Å². The van der Waals surface area contributed by atoms with Gasteiger partial charge in [-0.2, -0.15) is 0 Å². The molecular formula is C14H19N. The summed E-state index contributed by atoms with van der Waals surface area (Å²) in [6.45, 7) is 3.28. The quantitative estimate of drug-likeness (QED) is 0.522. The first-order valence-electron chi connectivity index (χ1n) is 5.44. The monoisotopic (exact) mass is 201 g/mol. The van der Waals surface area contributed by atoms with E-state index in [0.29, 0.717) is 6.04 Å². The van der Waals surface area contributed by atoms with Crippen LogP contribution in [-0.4, -0.2) is 18.5 Å². The molecule has 0 radical (unpaired) electrons. The van der Waals surface area contributed by atoms with Crippen LogP contribution in [0, 0.1) is 12.3 Å². The van der Waals surface area contributed by atoms with Crippen LogP contribution in [0.15, 0.2) is 30.3 Å². The molecule has 1 unspecified atom stereocenters. The number of benzene rings is 1.